The van der Waals surface area contributed by atoms with Gasteiger partial charge in [-0.05, 0) is 25.0 Å². The van der Waals surface area contributed by atoms with Gasteiger partial charge in [0.05, 0.1) is 35.6 Å². The van der Waals surface area contributed by atoms with E-state index in [1.54, 1.807) is 6.26 Å². The zero-order chi connectivity index (χ0) is 21.1. The lowest BCUT2D eigenvalue weighted by atomic mass is 10.2. The molecule has 2 aromatic heterocycles. The summed E-state index contributed by atoms with van der Waals surface area (Å²) in [5, 5.41) is 12.1. The third-order valence-electron chi connectivity index (χ3n) is 4.93. The molecule has 3 aromatic rings. The molecule has 1 aliphatic rings. The second-order valence-electron chi connectivity index (χ2n) is 7.22. The lowest BCUT2D eigenvalue weighted by molar-refractivity contribution is -0.119. The van der Waals surface area contributed by atoms with Crippen LogP contribution in [0.5, 0.6) is 0 Å². The maximum absolute atomic E-state index is 12.3. The van der Waals surface area contributed by atoms with Crippen LogP contribution in [-0.4, -0.2) is 52.4 Å². The predicted octanol–water partition coefficient (Wildman–Crippen LogP) is 2.29. The zero-order valence-electron chi connectivity index (χ0n) is 16.4. The van der Waals surface area contributed by atoms with E-state index in [0.717, 1.165) is 16.9 Å². The highest BCUT2D eigenvalue weighted by molar-refractivity contribution is 7.99. The second-order valence-corrected chi connectivity index (χ2v) is 10.4. The summed E-state index contributed by atoms with van der Waals surface area (Å²) in [6.45, 7) is 2.42. The lowest BCUT2D eigenvalue weighted by Gasteiger charge is -2.12. The summed E-state index contributed by atoms with van der Waals surface area (Å²) in [6, 6.07) is 11.5. The maximum atomic E-state index is 12.3. The van der Waals surface area contributed by atoms with Crippen LogP contribution in [0.4, 0.5) is 0 Å². The number of amides is 1. The molecule has 1 aromatic carbocycles. The smallest absolute Gasteiger partial charge is 0.230 e. The number of hydrogen-bond donors (Lipinski definition) is 1. The van der Waals surface area contributed by atoms with Gasteiger partial charge in [0.2, 0.25) is 5.91 Å². The van der Waals surface area contributed by atoms with Crippen molar-refractivity contribution in [3.05, 3.63) is 54.0 Å². The minimum absolute atomic E-state index is 0.0114. The average molecular weight is 447 g/mol. The van der Waals surface area contributed by atoms with Crippen LogP contribution in [0, 0.1) is 6.92 Å². The number of thioether (sulfide) groups is 1. The number of nitrogens with one attached hydrogen (secondary N) is 1. The molecule has 10 heteroatoms. The summed E-state index contributed by atoms with van der Waals surface area (Å²) < 4.78 is 30.5. The molecule has 0 aliphatic carbocycles. The molecule has 0 unspecified atom stereocenters. The molecule has 1 atom stereocenters. The van der Waals surface area contributed by atoms with Crippen molar-refractivity contribution in [3.8, 4) is 11.4 Å². The van der Waals surface area contributed by atoms with Crippen LogP contribution in [0.2, 0.25) is 0 Å². The molecule has 158 valence electrons. The van der Waals surface area contributed by atoms with Crippen molar-refractivity contribution in [1.82, 2.24) is 20.1 Å². The Hall–Kier alpha value is -2.59. The number of carbonyl (C=O) groups excluding carboxylic acids is 1. The molecule has 0 radical (unpaired) electrons. The van der Waals surface area contributed by atoms with Gasteiger partial charge in [0.15, 0.2) is 20.8 Å². The van der Waals surface area contributed by atoms with E-state index in [-0.39, 0.29) is 29.2 Å². The highest BCUT2D eigenvalue weighted by Crippen LogP contribution is 2.28. The fourth-order valence-electron chi connectivity index (χ4n) is 3.43. The standard InChI is InChI=1S/C20H22N4O4S2/c1-14-17(7-9-28-14)19-22-23-20(24(19)11-15-5-3-2-4-6-15)29-12-18(25)21-16-8-10-30(26,27)13-16/h2-7,9,16H,8,10-13H2,1H3,(H,21,25)/t16-/m0/s1. The Morgan fingerprint density at radius 2 is 2.07 bits per heavy atom. The van der Waals surface area contributed by atoms with E-state index in [2.05, 4.69) is 15.5 Å². The third kappa shape index (κ3) is 4.76. The van der Waals surface area contributed by atoms with Crippen LogP contribution >= 0.6 is 11.8 Å². The van der Waals surface area contributed by atoms with Crippen LogP contribution in [0.3, 0.4) is 0 Å². The van der Waals surface area contributed by atoms with E-state index < -0.39 is 9.84 Å². The Bertz CT molecular complexity index is 1140. The average Bonchev–Trinajstić information content (AvgIpc) is 3.40. The van der Waals surface area contributed by atoms with Gasteiger partial charge >= 0.3 is 0 Å². The molecular weight excluding hydrogens is 424 g/mol. The largest absolute Gasteiger partial charge is 0.469 e. The molecule has 1 amide bonds. The summed E-state index contributed by atoms with van der Waals surface area (Å²) in [7, 11) is -3.03. The van der Waals surface area contributed by atoms with E-state index >= 15 is 0 Å². The Morgan fingerprint density at radius 1 is 1.27 bits per heavy atom. The number of aryl methyl sites for hydroxylation is 1. The van der Waals surface area contributed by atoms with Crippen LogP contribution in [-0.2, 0) is 21.2 Å². The number of nitrogens with zero attached hydrogens (tertiary/aromatic N) is 3. The number of rotatable bonds is 7. The minimum Gasteiger partial charge on any atom is -0.469 e. The number of sulfone groups is 1. The Balaban J connectivity index is 1.50. The lowest BCUT2D eigenvalue weighted by Crippen LogP contribution is -2.36. The van der Waals surface area contributed by atoms with Gasteiger partial charge in [-0.25, -0.2) is 8.42 Å². The first-order valence-electron chi connectivity index (χ1n) is 9.55. The van der Waals surface area contributed by atoms with E-state index in [4.69, 9.17) is 4.42 Å². The second kappa shape index (κ2) is 8.65. The van der Waals surface area contributed by atoms with Gasteiger partial charge in [-0.2, -0.15) is 0 Å². The molecule has 0 bridgehead atoms. The molecule has 1 saturated heterocycles. The first-order chi connectivity index (χ1) is 14.4. The fourth-order valence-corrected chi connectivity index (χ4v) is 5.85. The monoisotopic (exact) mass is 446 g/mol. The van der Waals surface area contributed by atoms with Gasteiger partial charge < -0.3 is 9.73 Å². The van der Waals surface area contributed by atoms with Crippen molar-refractivity contribution in [2.75, 3.05) is 17.3 Å². The molecule has 0 spiro atoms. The number of carbonyl (C=O) groups is 1. The quantitative estimate of drug-likeness (QED) is 0.555. The number of benzene rings is 1. The van der Waals surface area contributed by atoms with E-state index in [1.807, 2.05) is 47.9 Å². The third-order valence-corrected chi connectivity index (χ3v) is 7.66. The molecule has 1 N–H and O–H groups in total. The summed E-state index contributed by atoms with van der Waals surface area (Å²) in [6.07, 6.45) is 2.08. The van der Waals surface area contributed by atoms with Crippen molar-refractivity contribution < 1.29 is 17.6 Å². The molecule has 1 fully saturated rings. The summed E-state index contributed by atoms with van der Waals surface area (Å²) in [4.78, 5) is 12.3. The fraction of sp³-hybridized carbons (Fsp3) is 0.350. The SMILES string of the molecule is Cc1occc1-c1nnc(SCC(=O)N[C@H]2CCS(=O)(=O)C2)n1Cc1ccccc1. The van der Waals surface area contributed by atoms with Crippen LogP contribution < -0.4 is 5.32 Å². The van der Waals surface area contributed by atoms with Crippen molar-refractivity contribution in [1.29, 1.82) is 0 Å². The zero-order valence-corrected chi connectivity index (χ0v) is 18.1. The molecule has 0 saturated carbocycles. The van der Waals surface area contributed by atoms with Crippen molar-refractivity contribution >= 4 is 27.5 Å². The van der Waals surface area contributed by atoms with Gasteiger partial charge in [0, 0.05) is 6.04 Å². The van der Waals surface area contributed by atoms with Gasteiger partial charge in [0.1, 0.15) is 5.76 Å². The van der Waals surface area contributed by atoms with Crippen LogP contribution in [0.1, 0.15) is 17.7 Å². The van der Waals surface area contributed by atoms with E-state index in [1.165, 1.54) is 11.8 Å². The number of hydrogen-bond acceptors (Lipinski definition) is 7. The molecule has 1 aliphatic heterocycles. The van der Waals surface area contributed by atoms with Gasteiger partial charge in [-0.15, -0.1) is 10.2 Å². The molecule has 30 heavy (non-hydrogen) atoms. The number of aromatic nitrogens is 3. The van der Waals surface area contributed by atoms with Crippen molar-refractivity contribution in [2.45, 2.75) is 31.1 Å². The summed E-state index contributed by atoms with van der Waals surface area (Å²) >= 11 is 1.28. The molecule has 4 rings (SSSR count). The van der Waals surface area contributed by atoms with Crippen LogP contribution in [0.25, 0.3) is 11.4 Å². The number of furan rings is 1. The topological polar surface area (TPSA) is 107 Å². The summed E-state index contributed by atoms with van der Waals surface area (Å²) in [5.74, 6) is 1.48. The summed E-state index contributed by atoms with van der Waals surface area (Å²) in [5.41, 5.74) is 1.94. The van der Waals surface area contributed by atoms with Crippen LogP contribution in [0.15, 0.2) is 52.2 Å². The normalized spacial score (nSPS) is 17.8. The Kier molecular flexibility index (Phi) is 5.96. The predicted molar refractivity (Wildman–Crippen MR) is 114 cm³/mol. The Labute approximate surface area is 179 Å². The highest BCUT2D eigenvalue weighted by Gasteiger charge is 2.29. The minimum atomic E-state index is -3.03. The molecule has 8 nitrogen and oxygen atoms in total. The van der Waals surface area contributed by atoms with Gasteiger partial charge in [-0.1, -0.05) is 42.1 Å². The van der Waals surface area contributed by atoms with Crippen molar-refractivity contribution in [3.63, 3.8) is 0 Å². The maximum Gasteiger partial charge on any atom is 0.230 e. The van der Waals surface area contributed by atoms with Gasteiger partial charge in [0.25, 0.3) is 0 Å². The molecule has 3 heterocycles. The van der Waals surface area contributed by atoms with Gasteiger partial charge in [-0.3, -0.25) is 9.36 Å². The first-order valence-corrected chi connectivity index (χ1v) is 12.4. The highest BCUT2D eigenvalue weighted by atomic mass is 32.2. The first kappa shape index (κ1) is 20.7. The van der Waals surface area contributed by atoms with E-state index in [0.29, 0.717) is 23.9 Å². The van der Waals surface area contributed by atoms with Crippen molar-refractivity contribution in [2.24, 2.45) is 0 Å². The Morgan fingerprint density at radius 3 is 2.73 bits per heavy atom. The van der Waals surface area contributed by atoms with E-state index in [9.17, 15) is 13.2 Å². The molecular formula is C20H22N4O4S2.